The zero-order valence-electron chi connectivity index (χ0n) is 15.2. The van der Waals surface area contributed by atoms with Gasteiger partial charge in [-0.3, -0.25) is 9.59 Å². The van der Waals surface area contributed by atoms with Gasteiger partial charge >= 0.3 is 0 Å². The summed E-state index contributed by atoms with van der Waals surface area (Å²) in [4.78, 5) is 28.9. The Bertz CT molecular complexity index is 679. The van der Waals surface area contributed by atoms with Crippen LogP contribution in [0.25, 0.3) is 0 Å². The normalized spacial score (nSPS) is 22.8. The lowest BCUT2D eigenvalue weighted by atomic mass is 10.0. The molecule has 0 bridgehead atoms. The number of piperazine rings is 1. The van der Waals surface area contributed by atoms with Crippen LogP contribution >= 0.6 is 12.4 Å². The summed E-state index contributed by atoms with van der Waals surface area (Å²) in [5.74, 6) is 0.370. The summed E-state index contributed by atoms with van der Waals surface area (Å²) >= 11 is 0. The number of nitrogens with zero attached hydrogens (tertiary/aromatic N) is 2. The van der Waals surface area contributed by atoms with Crippen LogP contribution in [0.2, 0.25) is 0 Å². The maximum Gasteiger partial charge on any atom is 0.236 e. The Morgan fingerprint density at radius 2 is 2.00 bits per heavy atom. The number of hydrogen-bond acceptors (Lipinski definition) is 3. The highest BCUT2D eigenvalue weighted by Crippen LogP contribution is 2.24. The molecule has 0 saturated carbocycles. The van der Waals surface area contributed by atoms with Gasteiger partial charge in [-0.2, -0.15) is 0 Å². The molecule has 4 rings (SSSR count). The molecule has 2 saturated heterocycles. The van der Waals surface area contributed by atoms with E-state index in [4.69, 9.17) is 0 Å². The van der Waals surface area contributed by atoms with Gasteiger partial charge in [0.25, 0.3) is 0 Å². The Morgan fingerprint density at radius 3 is 2.85 bits per heavy atom. The third kappa shape index (κ3) is 4.04. The van der Waals surface area contributed by atoms with Gasteiger partial charge in [0.2, 0.25) is 11.8 Å². The fourth-order valence-electron chi connectivity index (χ4n) is 4.46. The Kier molecular flexibility index (Phi) is 6.20. The summed E-state index contributed by atoms with van der Waals surface area (Å²) in [7, 11) is 0. The molecule has 2 fully saturated rings. The predicted molar refractivity (Wildman–Crippen MR) is 104 cm³/mol. The van der Waals surface area contributed by atoms with E-state index in [2.05, 4.69) is 23.5 Å². The maximum absolute atomic E-state index is 12.8. The summed E-state index contributed by atoms with van der Waals surface area (Å²) in [6.45, 7) is 3.55. The second-order valence-electron chi connectivity index (χ2n) is 7.53. The van der Waals surface area contributed by atoms with E-state index >= 15 is 0 Å². The third-order valence-corrected chi connectivity index (χ3v) is 5.83. The first-order chi connectivity index (χ1) is 12.2. The van der Waals surface area contributed by atoms with Crippen molar-refractivity contribution in [2.75, 3.05) is 32.7 Å². The Morgan fingerprint density at radius 1 is 1.15 bits per heavy atom. The summed E-state index contributed by atoms with van der Waals surface area (Å²) in [6, 6.07) is 6.72. The highest BCUT2D eigenvalue weighted by molar-refractivity contribution is 5.85. The zero-order chi connectivity index (χ0) is 17.2. The van der Waals surface area contributed by atoms with Crippen molar-refractivity contribution in [3.63, 3.8) is 0 Å². The minimum atomic E-state index is 0. The molecule has 3 aliphatic rings. The van der Waals surface area contributed by atoms with Gasteiger partial charge in [0.05, 0.1) is 13.0 Å². The first-order valence-electron chi connectivity index (χ1n) is 9.59. The molecule has 2 heterocycles. The van der Waals surface area contributed by atoms with Crippen molar-refractivity contribution in [1.29, 1.82) is 0 Å². The molecule has 142 valence electrons. The van der Waals surface area contributed by atoms with Crippen LogP contribution in [0.4, 0.5) is 0 Å². The Labute approximate surface area is 161 Å². The monoisotopic (exact) mass is 377 g/mol. The van der Waals surface area contributed by atoms with E-state index in [1.807, 2.05) is 9.80 Å². The summed E-state index contributed by atoms with van der Waals surface area (Å²) in [5.41, 5.74) is 4.01. The number of carbonyl (C=O) groups is 2. The van der Waals surface area contributed by atoms with Crippen LogP contribution in [0.3, 0.4) is 0 Å². The van der Waals surface area contributed by atoms with E-state index in [0.29, 0.717) is 19.5 Å². The van der Waals surface area contributed by atoms with Crippen LogP contribution in [-0.4, -0.2) is 60.4 Å². The number of aryl methyl sites for hydroxylation is 2. The highest BCUT2D eigenvalue weighted by atomic mass is 35.5. The molecular weight excluding hydrogens is 350 g/mol. The molecule has 0 radical (unpaired) electrons. The van der Waals surface area contributed by atoms with Crippen LogP contribution in [0.5, 0.6) is 0 Å². The minimum Gasteiger partial charge on any atom is -0.340 e. The maximum atomic E-state index is 12.8. The molecule has 5 nitrogen and oxygen atoms in total. The van der Waals surface area contributed by atoms with Crippen LogP contribution in [-0.2, 0) is 28.9 Å². The number of nitrogens with one attached hydrogen (secondary N) is 1. The number of hydrogen-bond donors (Lipinski definition) is 1. The number of rotatable bonds is 3. The van der Waals surface area contributed by atoms with Crippen molar-refractivity contribution >= 4 is 24.2 Å². The van der Waals surface area contributed by atoms with Gasteiger partial charge in [-0.1, -0.05) is 18.2 Å². The number of likely N-dealkylation sites (tertiary alicyclic amines) is 1. The van der Waals surface area contributed by atoms with Crippen molar-refractivity contribution in [3.8, 4) is 0 Å². The van der Waals surface area contributed by atoms with Crippen molar-refractivity contribution in [3.05, 3.63) is 34.9 Å². The zero-order valence-corrected chi connectivity index (χ0v) is 16.0. The first kappa shape index (κ1) is 19.2. The molecule has 1 aromatic carbocycles. The molecule has 0 spiro atoms. The number of carbonyl (C=O) groups excluding carboxylic acids is 2. The molecule has 1 N–H and O–H groups in total. The fraction of sp³-hybridized carbons (Fsp3) is 0.600. The Hall–Kier alpha value is -1.59. The molecule has 26 heavy (non-hydrogen) atoms. The van der Waals surface area contributed by atoms with Gasteiger partial charge in [0, 0.05) is 32.2 Å². The van der Waals surface area contributed by atoms with Crippen LogP contribution in [0, 0.1) is 0 Å². The average Bonchev–Trinajstić information content (AvgIpc) is 3.10. The van der Waals surface area contributed by atoms with E-state index in [1.165, 1.54) is 24.0 Å². The second-order valence-corrected chi connectivity index (χ2v) is 7.53. The van der Waals surface area contributed by atoms with Gasteiger partial charge in [0.15, 0.2) is 0 Å². The quantitative estimate of drug-likeness (QED) is 0.869. The molecule has 2 amide bonds. The third-order valence-electron chi connectivity index (χ3n) is 5.83. The van der Waals surface area contributed by atoms with Gasteiger partial charge in [-0.25, -0.2) is 0 Å². The van der Waals surface area contributed by atoms with E-state index in [-0.39, 0.29) is 30.3 Å². The lowest BCUT2D eigenvalue weighted by Gasteiger charge is -2.41. The number of amides is 2. The van der Waals surface area contributed by atoms with Crippen molar-refractivity contribution in [1.82, 2.24) is 15.1 Å². The molecule has 1 aromatic rings. The van der Waals surface area contributed by atoms with Gasteiger partial charge in [-0.15, -0.1) is 12.4 Å². The summed E-state index contributed by atoms with van der Waals surface area (Å²) in [6.07, 6.45) is 6.03. The van der Waals surface area contributed by atoms with Crippen LogP contribution in [0.15, 0.2) is 18.2 Å². The summed E-state index contributed by atoms with van der Waals surface area (Å²) in [5, 5.41) is 3.12. The SMILES string of the molecule is Cl.O=C(Cc1ccc2c(c1)CCC2)N1CCCC(N2CCNCC2=O)C1. The number of piperidine rings is 1. The minimum absolute atomic E-state index is 0. The fourth-order valence-corrected chi connectivity index (χ4v) is 4.46. The molecule has 0 aromatic heterocycles. The molecule has 1 atom stereocenters. The molecule has 1 unspecified atom stereocenters. The number of halogens is 1. The predicted octanol–water partition coefficient (Wildman–Crippen LogP) is 1.56. The van der Waals surface area contributed by atoms with Crippen molar-refractivity contribution < 1.29 is 9.59 Å². The largest absolute Gasteiger partial charge is 0.340 e. The molecular formula is C20H28ClN3O2. The average molecular weight is 378 g/mol. The summed E-state index contributed by atoms with van der Waals surface area (Å²) < 4.78 is 0. The molecule has 1 aliphatic carbocycles. The van der Waals surface area contributed by atoms with Crippen LogP contribution < -0.4 is 5.32 Å². The first-order valence-corrected chi connectivity index (χ1v) is 9.59. The standard InChI is InChI=1S/C20H27N3O2.ClH/c24-19(12-15-6-7-16-3-1-4-17(16)11-15)22-9-2-5-18(14-22)23-10-8-21-13-20(23)25;/h6-7,11,18,21H,1-5,8-10,12-14H2;1H. The van der Waals surface area contributed by atoms with Gasteiger partial charge in [0.1, 0.15) is 0 Å². The smallest absolute Gasteiger partial charge is 0.236 e. The van der Waals surface area contributed by atoms with E-state index in [1.54, 1.807) is 0 Å². The second kappa shape index (κ2) is 8.40. The van der Waals surface area contributed by atoms with Gasteiger partial charge < -0.3 is 15.1 Å². The van der Waals surface area contributed by atoms with Gasteiger partial charge in [-0.05, 0) is 48.8 Å². The Balaban J connectivity index is 0.00000196. The van der Waals surface area contributed by atoms with E-state index < -0.39 is 0 Å². The number of benzene rings is 1. The van der Waals surface area contributed by atoms with E-state index in [0.717, 1.165) is 44.5 Å². The lowest BCUT2D eigenvalue weighted by Crippen LogP contribution is -2.57. The van der Waals surface area contributed by atoms with E-state index in [9.17, 15) is 9.59 Å². The topological polar surface area (TPSA) is 52.7 Å². The van der Waals surface area contributed by atoms with Crippen molar-refractivity contribution in [2.45, 2.75) is 44.6 Å². The molecule has 6 heteroatoms. The highest BCUT2D eigenvalue weighted by Gasteiger charge is 2.31. The van der Waals surface area contributed by atoms with Crippen LogP contribution in [0.1, 0.15) is 36.0 Å². The molecule has 2 aliphatic heterocycles. The lowest BCUT2D eigenvalue weighted by molar-refractivity contribution is -0.140. The van der Waals surface area contributed by atoms with Crippen molar-refractivity contribution in [2.24, 2.45) is 0 Å². The number of fused-ring (bicyclic) bond motifs is 1.